The zero-order valence-corrected chi connectivity index (χ0v) is 7.96. The maximum absolute atomic E-state index is 11.6. The second-order valence-electron chi connectivity index (χ2n) is 3.37. The van der Waals surface area contributed by atoms with E-state index >= 15 is 0 Å². The molecule has 0 atom stereocenters. The second-order valence-corrected chi connectivity index (χ2v) is 3.37. The van der Waals surface area contributed by atoms with Crippen molar-refractivity contribution < 1.29 is 27.8 Å². The van der Waals surface area contributed by atoms with Crippen molar-refractivity contribution in [3.05, 3.63) is 0 Å². The van der Waals surface area contributed by atoms with Crippen LogP contribution < -0.4 is 0 Å². The molecule has 0 spiro atoms. The molecular formula is C8H12F3NO3. The third kappa shape index (κ3) is 4.48. The highest BCUT2D eigenvalue weighted by atomic mass is 19.4. The van der Waals surface area contributed by atoms with Crippen LogP contribution in [0, 0.1) is 0 Å². The topological polar surface area (TPSA) is 49.8 Å². The summed E-state index contributed by atoms with van der Waals surface area (Å²) >= 11 is 0. The van der Waals surface area contributed by atoms with Gasteiger partial charge in [0, 0.05) is 13.1 Å². The lowest BCUT2D eigenvalue weighted by Crippen LogP contribution is -2.53. The van der Waals surface area contributed by atoms with E-state index in [2.05, 4.69) is 4.74 Å². The fourth-order valence-corrected chi connectivity index (χ4v) is 1.16. The summed E-state index contributed by atoms with van der Waals surface area (Å²) in [6.07, 6.45) is -4.93. The van der Waals surface area contributed by atoms with Crippen LogP contribution in [-0.2, 0) is 9.53 Å². The number of ether oxygens (including phenoxy) is 1. The molecule has 1 amide bonds. The van der Waals surface area contributed by atoms with Gasteiger partial charge in [-0.15, -0.1) is 0 Å². The van der Waals surface area contributed by atoms with E-state index in [1.165, 1.54) is 4.90 Å². The molecule has 1 aliphatic rings. The Bertz CT molecular complexity index is 226. The molecule has 0 aromatic rings. The predicted octanol–water partition coefficient (Wildman–Crippen LogP) is 0.159. The standard InChI is InChI=1S/C8H12F3NO3/c9-8(10,11)5-15-2-1-7(14)12-3-6(13)4-12/h6,13H,1-5H2. The molecule has 7 heteroatoms. The Morgan fingerprint density at radius 2 is 2.07 bits per heavy atom. The molecule has 1 saturated heterocycles. The fourth-order valence-electron chi connectivity index (χ4n) is 1.16. The molecule has 1 N–H and O–H groups in total. The van der Waals surface area contributed by atoms with Gasteiger partial charge < -0.3 is 14.7 Å². The number of likely N-dealkylation sites (tertiary alicyclic amines) is 1. The van der Waals surface area contributed by atoms with E-state index in [1.807, 2.05) is 0 Å². The molecule has 1 rings (SSSR count). The largest absolute Gasteiger partial charge is 0.411 e. The van der Waals surface area contributed by atoms with Gasteiger partial charge in [0.05, 0.1) is 19.1 Å². The first kappa shape index (κ1) is 12.3. The lowest BCUT2D eigenvalue weighted by molar-refractivity contribution is -0.175. The van der Waals surface area contributed by atoms with Crippen LogP contribution in [0.15, 0.2) is 0 Å². The zero-order chi connectivity index (χ0) is 11.5. The normalized spacial score (nSPS) is 17.7. The van der Waals surface area contributed by atoms with Crippen molar-refractivity contribution in [3.8, 4) is 0 Å². The zero-order valence-electron chi connectivity index (χ0n) is 7.96. The highest BCUT2D eigenvalue weighted by molar-refractivity contribution is 5.77. The number of alkyl halides is 3. The number of carbonyl (C=O) groups is 1. The van der Waals surface area contributed by atoms with E-state index < -0.39 is 18.9 Å². The number of nitrogens with zero attached hydrogens (tertiary/aromatic N) is 1. The predicted molar refractivity (Wildman–Crippen MR) is 44.1 cm³/mol. The summed E-state index contributed by atoms with van der Waals surface area (Å²) < 4.78 is 39.1. The molecule has 0 aromatic heterocycles. The van der Waals surface area contributed by atoms with Gasteiger partial charge >= 0.3 is 6.18 Å². The molecule has 1 aliphatic heterocycles. The fraction of sp³-hybridized carbons (Fsp3) is 0.875. The molecule has 1 fully saturated rings. The number of amides is 1. The Kier molecular flexibility index (Phi) is 3.92. The number of hydrogen-bond acceptors (Lipinski definition) is 3. The molecule has 0 bridgehead atoms. The number of rotatable bonds is 4. The number of carbonyl (C=O) groups excluding carboxylic acids is 1. The summed E-state index contributed by atoms with van der Waals surface area (Å²) in [4.78, 5) is 12.5. The minimum absolute atomic E-state index is 0.0806. The van der Waals surface area contributed by atoms with Gasteiger partial charge in [-0.1, -0.05) is 0 Å². The van der Waals surface area contributed by atoms with Crippen molar-refractivity contribution in [1.29, 1.82) is 0 Å². The lowest BCUT2D eigenvalue weighted by atomic mass is 10.1. The Morgan fingerprint density at radius 3 is 2.53 bits per heavy atom. The van der Waals surface area contributed by atoms with Gasteiger partial charge in [0.15, 0.2) is 0 Å². The molecular weight excluding hydrogens is 215 g/mol. The quantitative estimate of drug-likeness (QED) is 0.696. The Labute approximate surface area is 84.6 Å². The molecule has 0 radical (unpaired) electrons. The van der Waals surface area contributed by atoms with Gasteiger partial charge in [-0.2, -0.15) is 13.2 Å². The summed E-state index contributed by atoms with van der Waals surface area (Å²) in [5.74, 6) is -0.289. The van der Waals surface area contributed by atoms with Crippen LogP contribution in [0.3, 0.4) is 0 Å². The molecule has 88 valence electrons. The van der Waals surface area contributed by atoms with E-state index in [0.717, 1.165) is 0 Å². The van der Waals surface area contributed by atoms with E-state index in [-0.39, 0.29) is 32.0 Å². The molecule has 15 heavy (non-hydrogen) atoms. The second kappa shape index (κ2) is 4.80. The minimum Gasteiger partial charge on any atom is -0.389 e. The SMILES string of the molecule is O=C(CCOCC(F)(F)F)N1CC(O)C1. The van der Waals surface area contributed by atoms with E-state index in [0.29, 0.717) is 0 Å². The minimum atomic E-state index is -4.35. The molecule has 4 nitrogen and oxygen atoms in total. The number of hydrogen-bond donors (Lipinski definition) is 1. The first-order chi connectivity index (χ1) is 6.88. The van der Waals surface area contributed by atoms with Crippen LogP contribution in [0.4, 0.5) is 13.2 Å². The number of aliphatic hydroxyl groups excluding tert-OH is 1. The van der Waals surface area contributed by atoms with Crippen molar-refractivity contribution in [1.82, 2.24) is 4.90 Å². The van der Waals surface area contributed by atoms with Gasteiger partial charge in [-0.05, 0) is 0 Å². The van der Waals surface area contributed by atoms with E-state index in [4.69, 9.17) is 5.11 Å². The smallest absolute Gasteiger partial charge is 0.389 e. The lowest BCUT2D eigenvalue weighted by Gasteiger charge is -2.35. The Morgan fingerprint density at radius 1 is 1.47 bits per heavy atom. The molecule has 0 unspecified atom stereocenters. The highest BCUT2D eigenvalue weighted by Gasteiger charge is 2.29. The Balaban J connectivity index is 2.03. The van der Waals surface area contributed by atoms with Crippen LogP contribution >= 0.6 is 0 Å². The Hall–Kier alpha value is -0.820. The summed E-state index contributed by atoms with van der Waals surface area (Å²) in [5.41, 5.74) is 0. The van der Waals surface area contributed by atoms with Gasteiger partial charge in [0.1, 0.15) is 6.61 Å². The molecule has 0 aromatic carbocycles. The van der Waals surface area contributed by atoms with Crippen molar-refractivity contribution in [2.24, 2.45) is 0 Å². The maximum atomic E-state index is 11.6. The van der Waals surface area contributed by atoms with Crippen molar-refractivity contribution >= 4 is 5.91 Å². The number of halogens is 3. The highest BCUT2D eigenvalue weighted by Crippen LogP contribution is 2.15. The first-order valence-electron chi connectivity index (χ1n) is 4.49. The van der Waals surface area contributed by atoms with Crippen LogP contribution in [0.2, 0.25) is 0 Å². The first-order valence-corrected chi connectivity index (χ1v) is 4.49. The van der Waals surface area contributed by atoms with Crippen LogP contribution in [-0.4, -0.2) is 54.5 Å². The van der Waals surface area contributed by atoms with Crippen molar-refractivity contribution in [3.63, 3.8) is 0 Å². The average Bonchev–Trinajstić information content (AvgIpc) is 2.05. The van der Waals surface area contributed by atoms with Crippen molar-refractivity contribution in [2.45, 2.75) is 18.7 Å². The summed E-state index contributed by atoms with van der Waals surface area (Å²) in [5, 5.41) is 8.87. The number of aliphatic hydroxyl groups is 1. The van der Waals surface area contributed by atoms with Gasteiger partial charge in [0.2, 0.25) is 5.91 Å². The van der Waals surface area contributed by atoms with Crippen LogP contribution in [0.1, 0.15) is 6.42 Å². The molecule has 1 heterocycles. The third-order valence-corrected chi connectivity index (χ3v) is 1.94. The van der Waals surface area contributed by atoms with Crippen molar-refractivity contribution in [2.75, 3.05) is 26.3 Å². The molecule has 0 saturated carbocycles. The summed E-state index contributed by atoms with van der Waals surface area (Å²) in [7, 11) is 0. The average molecular weight is 227 g/mol. The van der Waals surface area contributed by atoms with Gasteiger partial charge in [0.25, 0.3) is 0 Å². The summed E-state index contributed by atoms with van der Waals surface area (Å²) in [6, 6.07) is 0. The maximum Gasteiger partial charge on any atom is 0.411 e. The summed E-state index contributed by atoms with van der Waals surface area (Å²) in [6.45, 7) is -1.05. The van der Waals surface area contributed by atoms with Gasteiger partial charge in [-0.25, -0.2) is 0 Å². The number of β-amino-alcohol motifs (C(OH)–C–C–N with tert-alkyl or cyclic N) is 1. The van der Waals surface area contributed by atoms with Crippen LogP contribution in [0.5, 0.6) is 0 Å². The monoisotopic (exact) mass is 227 g/mol. The van der Waals surface area contributed by atoms with E-state index in [9.17, 15) is 18.0 Å². The van der Waals surface area contributed by atoms with Gasteiger partial charge in [-0.3, -0.25) is 4.79 Å². The molecule has 0 aliphatic carbocycles. The van der Waals surface area contributed by atoms with E-state index in [1.54, 1.807) is 0 Å². The third-order valence-electron chi connectivity index (χ3n) is 1.94. The van der Waals surface area contributed by atoms with Crippen LogP contribution in [0.25, 0.3) is 0 Å².